The number of benzene rings is 2. The molecule has 25 heavy (non-hydrogen) atoms. The van der Waals surface area contributed by atoms with Crippen LogP contribution in [0.25, 0.3) is 0 Å². The Morgan fingerprint density at radius 1 is 1.16 bits per heavy atom. The van der Waals surface area contributed by atoms with E-state index >= 15 is 0 Å². The zero-order chi connectivity index (χ0) is 18.2. The number of urea groups is 1. The van der Waals surface area contributed by atoms with Gasteiger partial charge < -0.3 is 20.1 Å². The minimum Gasteiger partial charge on any atom is -0.496 e. The van der Waals surface area contributed by atoms with Gasteiger partial charge in [-0.05, 0) is 32.9 Å². The molecule has 0 heterocycles. The first kappa shape index (κ1) is 18.6. The number of amides is 2. The van der Waals surface area contributed by atoms with E-state index in [4.69, 9.17) is 9.47 Å². The molecule has 0 aliphatic heterocycles. The van der Waals surface area contributed by atoms with E-state index in [1.54, 1.807) is 7.11 Å². The molecule has 0 bridgehead atoms. The van der Waals surface area contributed by atoms with Gasteiger partial charge in [-0.1, -0.05) is 35.9 Å². The van der Waals surface area contributed by atoms with E-state index in [1.165, 1.54) is 0 Å². The maximum atomic E-state index is 12.2. The summed E-state index contributed by atoms with van der Waals surface area (Å²) < 4.78 is 11.0. The molecular weight excluding hydrogens is 316 g/mol. The monoisotopic (exact) mass is 342 g/mol. The van der Waals surface area contributed by atoms with Crippen LogP contribution in [0.15, 0.2) is 42.5 Å². The Labute approximate surface area is 149 Å². The predicted molar refractivity (Wildman–Crippen MR) is 99.1 cm³/mol. The molecule has 0 aromatic heterocycles. The molecule has 0 saturated carbocycles. The van der Waals surface area contributed by atoms with Crippen molar-refractivity contribution in [1.29, 1.82) is 0 Å². The summed E-state index contributed by atoms with van der Waals surface area (Å²) in [6, 6.07) is 13.2. The first-order valence-electron chi connectivity index (χ1n) is 8.44. The Kier molecular flexibility index (Phi) is 6.69. The molecule has 0 aliphatic carbocycles. The Morgan fingerprint density at radius 3 is 2.64 bits per heavy atom. The molecule has 2 aromatic rings. The van der Waals surface area contributed by atoms with Gasteiger partial charge in [0.2, 0.25) is 0 Å². The van der Waals surface area contributed by atoms with Crippen molar-refractivity contribution in [3.8, 4) is 11.5 Å². The molecule has 2 N–H and O–H groups in total. The van der Waals surface area contributed by atoms with Crippen molar-refractivity contribution in [2.24, 2.45) is 0 Å². The molecule has 5 nitrogen and oxygen atoms in total. The number of carbonyl (C=O) groups is 1. The minimum atomic E-state index is -0.234. The summed E-state index contributed by atoms with van der Waals surface area (Å²) in [6.07, 6.45) is 0. The summed E-state index contributed by atoms with van der Waals surface area (Å²) in [7, 11) is 1.62. The van der Waals surface area contributed by atoms with Crippen LogP contribution in [0.3, 0.4) is 0 Å². The highest BCUT2D eigenvalue weighted by molar-refractivity contribution is 5.74. The summed E-state index contributed by atoms with van der Waals surface area (Å²) in [5.41, 5.74) is 3.02. The number of para-hydroxylation sites is 1. The number of hydrogen-bond acceptors (Lipinski definition) is 3. The molecule has 0 saturated heterocycles. The minimum absolute atomic E-state index is 0.167. The van der Waals surface area contributed by atoms with Gasteiger partial charge >= 0.3 is 6.03 Å². The zero-order valence-electron chi connectivity index (χ0n) is 15.3. The molecule has 0 aliphatic rings. The van der Waals surface area contributed by atoms with Gasteiger partial charge in [0.15, 0.2) is 0 Å². The fourth-order valence-corrected chi connectivity index (χ4v) is 2.64. The number of rotatable bonds is 7. The Morgan fingerprint density at radius 2 is 1.92 bits per heavy atom. The normalized spacial score (nSPS) is 11.5. The molecule has 0 spiro atoms. The lowest BCUT2D eigenvalue weighted by molar-refractivity contribution is 0.237. The zero-order valence-corrected chi connectivity index (χ0v) is 15.3. The van der Waals surface area contributed by atoms with Gasteiger partial charge in [-0.25, -0.2) is 4.79 Å². The molecule has 0 radical (unpaired) electrons. The van der Waals surface area contributed by atoms with E-state index in [1.807, 2.05) is 63.2 Å². The van der Waals surface area contributed by atoms with Crippen LogP contribution < -0.4 is 20.1 Å². The summed E-state index contributed by atoms with van der Waals surface area (Å²) in [5, 5.41) is 5.83. The standard InChI is InChI=1S/C20H26N2O3/c1-5-25-19-11-10-14(2)12-17(19)15(3)22-20(23)21-13-16-8-6-7-9-18(16)24-4/h6-12,15H,5,13H2,1-4H3,(H2,21,22,23). The molecule has 134 valence electrons. The van der Waals surface area contributed by atoms with Crippen LogP contribution in [0.4, 0.5) is 4.79 Å². The van der Waals surface area contributed by atoms with Crippen LogP contribution >= 0.6 is 0 Å². The average Bonchev–Trinajstić information content (AvgIpc) is 2.61. The van der Waals surface area contributed by atoms with Crippen LogP contribution in [0.5, 0.6) is 11.5 Å². The highest BCUT2D eigenvalue weighted by atomic mass is 16.5. The fourth-order valence-electron chi connectivity index (χ4n) is 2.64. The molecule has 5 heteroatoms. The number of methoxy groups -OCH3 is 1. The Hall–Kier alpha value is -2.69. The lowest BCUT2D eigenvalue weighted by atomic mass is 10.0. The third-order valence-corrected chi connectivity index (χ3v) is 3.91. The van der Waals surface area contributed by atoms with E-state index in [-0.39, 0.29) is 12.1 Å². The van der Waals surface area contributed by atoms with Crippen LogP contribution in [-0.4, -0.2) is 19.7 Å². The summed E-state index contributed by atoms with van der Waals surface area (Å²) in [5.74, 6) is 1.55. The van der Waals surface area contributed by atoms with E-state index in [0.717, 1.165) is 28.2 Å². The second-order valence-corrected chi connectivity index (χ2v) is 5.83. The topological polar surface area (TPSA) is 59.6 Å². The van der Waals surface area contributed by atoms with Crippen LogP contribution in [0, 0.1) is 6.92 Å². The number of aryl methyl sites for hydroxylation is 1. The van der Waals surface area contributed by atoms with E-state index in [2.05, 4.69) is 10.6 Å². The fraction of sp³-hybridized carbons (Fsp3) is 0.350. The van der Waals surface area contributed by atoms with Gasteiger partial charge in [0.1, 0.15) is 11.5 Å². The van der Waals surface area contributed by atoms with Gasteiger partial charge in [0.05, 0.1) is 19.8 Å². The Bertz CT molecular complexity index is 716. The summed E-state index contributed by atoms with van der Waals surface area (Å²) in [4.78, 5) is 12.2. The lowest BCUT2D eigenvalue weighted by Gasteiger charge is -2.19. The first-order valence-corrected chi connectivity index (χ1v) is 8.44. The number of ether oxygens (including phenoxy) is 2. The van der Waals surface area contributed by atoms with Gasteiger partial charge in [0.25, 0.3) is 0 Å². The van der Waals surface area contributed by atoms with Gasteiger partial charge in [-0.2, -0.15) is 0 Å². The predicted octanol–water partition coefficient (Wildman–Crippen LogP) is 3.96. The first-order chi connectivity index (χ1) is 12.0. The van der Waals surface area contributed by atoms with Crippen molar-refractivity contribution in [1.82, 2.24) is 10.6 Å². The SMILES string of the molecule is CCOc1ccc(C)cc1C(C)NC(=O)NCc1ccccc1OC. The second-order valence-electron chi connectivity index (χ2n) is 5.83. The third kappa shape index (κ3) is 5.14. The van der Waals surface area contributed by atoms with Crippen molar-refractivity contribution >= 4 is 6.03 Å². The van der Waals surface area contributed by atoms with Crippen molar-refractivity contribution in [3.63, 3.8) is 0 Å². The molecule has 2 aromatic carbocycles. The summed E-state index contributed by atoms with van der Waals surface area (Å²) in [6.45, 7) is 6.90. The Balaban J connectivity index is 1.99. The average molecular weight is 342 g/mol. The van der Waals surface area contributed by atoms with Gasteiger partial charge in [-0.15, -0.1) is 0 Å². The van der Waals surface area contributed by atoms with E-state index in [9.17, 15) is 4.79 Å². The summed E-state index contributed by atoms with van der Waals surface area (Å²) >= 11 is 0. The maximum Gasteiger partial charge on any atom is 0.315 e. The lowest BCUT2D eigenvalue weighted by Crippen LogP contribution is -2.36. The van der Waals surface area contributed by atoms with Crippen LogP contribution in [0.2, 0.25) is 0 Å². The largest absolute Gasteiger partial charge is 0.496 e. The number of carbonyl (C=O) groups excluding carboxylic acids is 1. The van der Waals surface area contributed by atoms with Crippen molar-refractivity contribution in [2.75, 3.05) is 13.7 Å². The number of nitrogens with one attached hydrogen (secondary N) is 2. The molecule has 2 amide bonds. The highest BCUT2D eigenvalue weighted by Gasteiger charge is 2.15. The van der Waals surface area contributed by atoms with E-state index in [0.29, 0.717) is 13.2 Å². The molecule has 2 rings (SSSR count). The van der Waals surface area contributed by atoms with E-state index < -0.39 is 0 Å². The quantitative estimate of drug-likeness (QED) is 0.800. The van der Waals surface area contributed by atoms with Crippen LogP contribution in [0.1, 0.15) is 36.6 Å². The number of hydrogen-bond donors (Lipinski definition) is 2. The van der Waals surface area contributed by atoms with Crippen LogP contribution in [-0.2, 0) is 6.54 Å². The maximum absolute atomic E-state index is 12.2. The third-order valence-electron chi connectivity index (χ3n) is 3.91. The van der Waals surface area contributed by atoms with Crippen molar-refractivity contribution in [2.45, 2.75) is 33.4 Å². The molecular formula is C20H26N2O3. The molecule has 0 fully saturated rings. The molecule has 1 unspecified atom stereocenters. The van der Waals surface area contributed by atoms with Crippen molar-refractivity contribution in [3.05, 3.63) is 59.2 Å². The second kappa shape index (κ2) is 8.97. The van der Waals surface area contributed by atoms with Crippen molar-refractivity contribution < 1.29 is 14.3 Å². The molecule has 1 atom stereocenters. The highest BCUT2D eigenvalue weighted by Crippen LogP contribution is 2.26. The van der Waals surface area contributed by atoms with Gasteiger partial charge in [-0.3, -0.25) is 0 Å². The van der Waals surface area contributed by atoms with Gasteiger partial charge in [0, 0.05) is 17.7 Å². The smallest absolute Gasteiger partial charge is 0.315 e.